The molecule has 0 bridgehead atoms. The van der Waals surface area contributed by atoms with Gasteiger partial charge in [-0.3, -0.25) is 4.79 Å². The van der Waals surface area contributed by atoms with Gasteiger partial charge in [0.1, 0.15) is 17.2 Å². The Kier molecular flexibility index (Phi) is 6.54. The fourth-order valence-corrected chi connectivity index (χ4v) is 4.11. The Bertz CT molecular complexity index is 1510. The molecule has 36 heavy (non-hydrogen) atoms. The van der Waals surface area contributed by atoms with E-state index in [4.69, 9.17) is 16.2 Å². The maximum atomic E-state index is 13.8. The van der Waals surface area contributed by atoms with Crippen LogP contribution in [0.1, 0.15) is 27.8 Å². The Morgan fingerprint density at radius 3 is 2.28 bits per heavy atom. The third-order valence-corrected chi connectivity index (χ3v) is 6.03. The van der Waals surface area contributed by atoms with Gasteiger partial charge in [0, 0.05) is 11.8 Å². The van der Waals surface area contributed by atoms with E-state index >= 15 is 0 Å². The van der Waals surface area contributed by atoms with Crippen LogP contribution in [0.15, 0.2) is 71.5 Å². The predicted octanol–water partition coefficient (Wildman–Crippen LogP) is 6.46. The second kappa shape index (κ2) is 9.45. The van der Waals surface area contributed by atoms with E-state index in [2.05, 4.69) is 0 Å². The van der Waals surface area contributed by atoms with Crippen molar-refractivity contribution >= 4 is 11.4 Å². The Morgan fingerprint density at radius 1 is 0.889 bits per heavy atom. The Balaban J connectivity index is 1.84. The smallest absolute Gasteiger partial charge is 0.418 e. The van der Waals surface area contributed by atoms with Crippen molar-refractivity contribution in [3.63, 3.8) is 0 Å². The summed E-state index contributed by atoms with van der Waals surface area (Å²) < 4.78 is 48.4. The molecule has 0 unspecified atom stereocenters. The second-order valence-corrected chi connectivity index (χ2v) is 8.83. The molecule has 1 heterocycles. The highest BCUT2D eigenvalue weighted by Gasteiger charge is 2.35. The molecule has 5 nitrogen and oxygen atoms in total. The van der Waals surface area contributed by atoms with Crippen molar-refractivity contribution in [2.75, 3.05) is 11.5 Å². The van der Waals surface area contributed by atoms with E-state index in [0.717, 1.165) is 22.8 Å². The molecule has 0 amide bonds. The number of nitrogens with two attached hydrogens (primary N) is 2. The molecule has 1 aromatic heterocycles. The molecule has 3 aromatic carbocycles. The van der Waals surface area contributed by atoms with Crippen LogP contribution < -0.4 is 21.8 Å². The molecule has 4 rings (SSSR count). The zero-order valence-electron chi connectivity index (χ0n) is 20.1. The summed E-state index contributed by atoms with van der Waals surface area (Å²) in [5.74, 6) is 1.04. The third-order valence-electron chi connectivity index (χ3n) is 6.03. The van der Waals surface area contributed by atoms with Crippen molar-refractivity contribution < 1.29 is 17.9 Å². The highest BCUT2D eigenvalue weighted by molar-refractivity contribution is 5.67. The molecule has 4 N–H and O–H groups in total. The predicted molar refractivity (Wildman–Crippen MR) is 136 cm³/mol. The summed E-state index contributed by atoms with van der Waals surface area (Å²) in [6.45, 7) is 5.69. The zero-order chi connectivity index (χ0) is 26.2. The lowest BCUT2D eigenvalue weighted by Gasteiger charge is -2.20. The number of rotatable bonds is 5. The van der Waals surface area contributed by atoms with Crippen molar-refractivity contribution in [2.24, 2.45) is 0 Å². The van der Waals surface area contributed by atoms with Gasteiger partial charge in [0.15, 0.2) is 0 Å². The topological polar surface area (TPSA) is 83.3 Å². The average Bonchev–Trinajstić information content (AvgIpc) is 2.79. The monoisotopic (exact) mass is 493 g/mol. The van der Waals surface area contributed by atoms with Gasteiger partial charge in [-0.1, -0.05) is 29.8 Å². The van der Waals surface area contributed by atoms with Gasteiger partial charge in [-0.2, -0.15) is 13.2 Å². The van der Waals surface area contributed by atoms with Crippen LogP contribution in [-0.4, -0.2) is 4.57 Å². The number of nitrogens with zero attached hydrogens (tertiary/aromatic N) is 1. The first-order valence-electron chi connectivity index (χ1n) is 11.2. The first kappa shape index (κ1) is 24.9. The number of ether oxygens (including phenoxy) is 1. The molecular weight excluding hydrogens is 467 g/mol. The van der Waals surface area contributed by atoms with Crippen molar-refractivity contribution in [1.29, 1.82) is 0 Å². The van der Waals surface area contributed by atoms with Gasteiger partial charge in [-0.05, 0) is 79.4 Å². The Morgan fingerprint density at radius 2 is 1.64 bits per heavy atom. The normalized spacial score (nSPS) is 11.5. The van der Waals surface area contributed by atoms with Crippen molar-refractivity contribution in [1.82, 2.24) is 4.57 Å². The standard InChI is InChI=1S/C28H26F3N3O2/c1-16-7-8-20(17(2)11-16)15-34-24(14-23(28(29,30)31)26(33)27(34)35)19-9-10-25(18(3)12-19)36-22-6-4-5-21(32)13-22/h4-14H,15,32-33H2,1-3H3. The summed E-state index contributed by atoms with van der Waals surface area (Å²) >= 11 is 0. The molecule has 0 saturated carbocycles. The summed E-state index contributed by atoms with van der Waals surface area (Å²) in [6.07, 6.45) is -4.78. The average molecular weight is 494 g/mol. The fraction of sp³-hybridized carbons (Fsp3) is 0.179. The lowest BCUT2D eigenvalue weighted by molar-refractivity contribution is -0.137. The molecule has 0 spiro atoms. The van der Waals surface area contributed by atoms with Gasteiger partial charge in [-0.25, -0.2) is 0 Å². The largest absolute Gasteiger partial charge is 0.457 e. The van der Waals surface area contributed by atoms with Crippen LogP contribution >= 0.6 is 0 Å². The van der Waals surface area contributed by atoms with Crippen molar-refractivity contribution in [3.05, 3.63) is 105 Å². The van der Waals surface area contributed by atoms with E-state index in [1.165, 1.54) is 4.57 Å². The molecule has 4 aromatic rings. The molecule has 0 aliphatic rings. The summed E-state index contributed by atoms with van der Waals surface area (Å²) in [6, 6.07) is 18.5. The van der Waals surface area contributed by atoms with Crippen LogP contribution in [0.3, 0.4) is 0 Å². The molecule has 0 radical (unpaired) electrons. The van der Waals surface area contributed by atoms with Gasteiger partial charge in [0.2, 0.25) is 0 Å². The van der Waals surface area contributed by atoms with E-state index in [9.17, 15) is 18.0 Å². The maximum Gasteiger partial charge on any atom is 0.418 e. The minimum Gasteiger partial charge on any atom is -0.457 e. The Hall–Kier alpha value is -4.20. The number of hydrogen-bond acceptors (Lipinski definition) is 4. The van der Waals surface area contributed by atoms with Crippen molar-refractivity contribution in [3.8, 4) is 22.8 Å². The van der Waals surface area contributed by atoms with Gasteiger partial charge in [0.25, 0.3) is 5.56 Å². The maximum absolute atomic E-state index is 13.8. The van der Waals surface area contributed by atoms with Crippen LogP contribution in [0.5, 0.6) is 11.5 Å². The van der Waals surface area contributed by atoms with Crippen molar-refractivity contribution in [2.45, 2.75) is 33.5 Å². The van der Waals surface area contributed by atoms with Crippen LogP contribution in [0.2, 0.25) is 0 Å². The molecule has 0 atom stereocenters. The zero-order valence-corrected chi connectivity index (χ0v) is 20.1. The number of anilines is 2. The molecule has 0 fully saturated rings. The van der Waals surface area contributed by atoms with Gasteiger partial charge in [0.05, 0.1) is 17.8 Å². The summed E-state index contributed by atoms with van der Waals surface area (Å²) in [5, 5.41) is 0. The fourth-order valence-electron chi connectivity index (χ4n) is 4.11. The van der Waals surface area contributed by atoms with Crippen LogP contribution in [0, 0.1) is 20.8 Å². The summed E-state index contributed by atoms with van der Waals surface area (Å²) in [4.78, 5) is 13.1. The van der Waals surface area contributed by atoms with Gasteiger partial charge in [-0.15, -0.1) is 0 Å². The Labute approximate surface area is 206 Å². The molecule has 0 aliphatic carbocycles. The number of nitrogen functional groups attached to an aromatic ring is 2. The van der Waals surface area contributed by atoms with Crippen LogP contribution in [-0.2, 0) is 12.7 Å². The molecule has 0 saturated heterocycles. The number of benzene rings is 3. The first-order valence-corrected chi connectivity index (χ1v) is 11.2. The minimum atomic E-state index is -4.78. The SMILES string of the molecule is Cc1ccc(Cn2c(-c3ccc(Oc4cccc(N)c4)c(C)c3)cc(C(F)(F)F)c(N)c2=O)c(C)c1. The number of halogens is 3. The lowest BCUT2D eigenvalue weighted by atomic mass is 10.0. The number of pyridine rings is 1. The molecule has 0 aliphatic heterocycles. The highest BCUT2D eigenvalue weighted by atomic mass is 19.4. The van der Waals surface area contributed by atoms with E-state index in [1.54, 1.807) is 49.4 Å². The number of aromatic nitrogens is 1. The lowest BCUT2D eigenvalue weighted by Crippen LogP contribution is -2.29. The second-order valence-electron chi connectivity index (χ2n) is 8.83. The quantitative estimate of drug-likeness (QED) is 0.312. The van der Waals surface area contributed by atoms with E-state index in [0.29, 0.717) is 28.3 Å². The number of hydrogen-bond donors (Lipinski definition) is 2. The minimum absolute atomic E-state index is 0.0726. The molecular formula is C28H26F3N3O2. The summed E-state index contributed by atoms with van der Waals surface area (Å²) in [7, 11) is 0. The third kappa shape index (κ3) is 5.07. The first-order chi connectivity index (χ1) is 16.9. The summed E-state index contributed by atoms with van der Waals surface area (Å²) in [5.41, 5.74) is 13.2. The van der Waals surface area contributed by atoms with Gasteiger partial charge >= 0.3 is 6.18 Å². The van der Waals surface area contributed by atoms with Gasteiger partial charge < -0.3 is 20.8 Å². The highest BCUT2D eigenvalue weighted by Crippen LogP contribution is 2.36. The number of aryl methyl sites for hydroxylation is 3. The van der Waals surface area contributed by atoms with Crippen LogP contribution in [0.25, 0.3) is 11.3 Å². The molecule has 186 valence electrons. The van der Waals surface area contributed by atoms with E-state index in [1.807, 2.05) is 32.0 Å². The van der Waals surface area contributed by atoms with E-state index < -0.39 is 23.0 Å². The molecule has 8 heteroatoms. The van der Waals surface area contributed by atoms with E-state index in [-0.39, 0.29) is 12.2 Å². The number of alkyl halides is 3. The van der Waals surface area contributed by atoms with Crippen LogP contribution in [0.4, 0.5) is 24.5 Å².